The molecular formula is C19H9Cl2N3O3S3. The lowest BCUT2D eigenvalue weighted by Crippen LogP contribution is -2.10. The summed E-state index contributed by atoms with van der Waals surface area (Å²) in [7, 11) is -3.48. The van der Waals surface area contributed by atoms with Crippen LogP contribution in [0.5, 0.6) is 0 Å². The number of anilines is 1. The Kier molecular flexibility index (Phi) is 5.61. The molecule has 3 heterocycles. The Bertz CT molecular complexity index is 1360. The predicted molar refractivity (Wildman–Crippen MR) is 118 cm³/mol. The van der Waals surface area contributed by atoms with Gasteiger partial charge in [0.2, 0.25) is 9.84 Å². The van der Waals surface area contributed by atoms with Crippen LogP contribution in [-0.4, -0.2) is 19.3 Å². The molecule has 0 saturated heterocycles. The second kappa shape index (κ2) is 8.06. The molecule has 0 radical (unpaired) electrons. The number of amides is 1. The van der Waals surface area contributed by atoms with Crippen LogP contribution in [0.4, 0.5) is 5.69 Å². The molecule has 0 fully saturated rings. The van der Waals surface area contributed by atoms with E-state index < -0.39 is 15.7 Å². The summed E-state index contributed by atoms with van der Waals surface area (Å²) in [5.74, 6) is -0.460. The van der Waals surface area contributed by atoms with Crippen LogP contribution in [0.25, 0.3) is 6.08 Å². The predicted octanol–water partition coefficient (Wildman–Crippen LogP) is 5.48. The topological polar surface area (TPSA) is 99.9 Å². The van der Waals surface area contributed by atoms with Gasteiger partial charge in [0.1, 0.15) is 6.07 Å². The number of nitrogens with zero attached hydrogens (tertiary/aromatic N) is 2. The Morgan fingerprint density at radius 2 is 1.93 bits per heavy atom. The summed E-state index contributed by atoms with van der Waals surface area (Å²) < 4.78 is 24.6. The Morgan fingerprint density at radius 1 is 1.20 bits per heavy atom. The monoisotopic (exact) mass is 493 g/mol. The molecule has 2 aromatic heterocycles. The van der Waals surface area contributed by atoms with E-state index >= 15 is 0 Å². The number of carbonyl (C=O) groups excluding carboxylic acids is 1. The third kappa shape index (κ3) is 3.97. The first-order valence-electron chi connectivity index (χ1n) is 8.18. The highest BCUT2D eigenvalue weighted by Gasteiger charge is 2.22. The molecule has 0 saturated carbocycles. The minimum absolute atomic E-state index is 0.141. The molecule has 1 aliphatic heterocycles. The SMILES string of the molecule is N#Cc1cc(C(=O)Nc2ccc3c(c2)S(=O)(=O)C=C3)sc1Sc1c(Cl)cncc1Cl. The van der Waals surface area contributed by atoms with E-state index in [2.05, 4.69) is 16.4 Å². The van der Waals surface area contributed by atoms with Crippen LogP contribution in [0.3, 0.4) is 0 Å². The molecule has 0 unspecified atom stereocenters. The van der Waals surface area contributed by atoms with Gasteiger partial charge in [0.25, 0.3) is 5.91 Å². The van der Waals surface area contributed by atoms with E-state index in [4.69, 9.17) is 23.2 Å². The van der Waals surface area contributed by atoms with Crippen LogP contribution >= 0.6 is 46.3 Å². The van der Waals surface area contributed by atoms with Crippen LogP contribution in [-0.2, 0) is 9.84 Å². The third-order valence-corrected chi connectivity index (χ3v) is 8.79. The van der Waals surface area contributed by atoms with Crippen LogP contribution in [0.1, 0.15) is 20.8 Å². The van der Waals surface area contributed by atoms with Gasteiger partial charge in [-0.15, -0.1) is 11.3 Å². The molecule has 0 atom stereocenters. The summed E-state index contributed by atoms with van der Waals surface area (Å²) in [6, 6.07) is 8.18. The molecule has 1 amide bonds. The summed E-state index contributed by atoms with van der Waals surface area (Å²) in [6.45, 7) is 0. The zero-order valence-electron chi connectivity index (χ0n) is 14.7. The smallest absolute Gasteiger partial charge is 0.265 e. The van der Waals surface area contributed by atoms with Crippen molar-refractivity contribution in [1.82, 2.24) is 4.98 Å². The number of fused-ring (bicyclic) bond motifs is 1. The first-order valence-corrected chi connectivity index (χ1v) is 12.1. The molecular weight excluding hydrogens is 485 g/mol. The van der Waals surface area contributed by atoms with Gasteiger partial charge in [-0.2, -0.15) is 5.26 Å². The fourth-order valence-corrected chi connectivity index (χ4v) is 6.60. The van der Waals surface area contributed by atoms with Crippen LogP contribution < -0.4 is 5.32 Å². The molecule has 0 spiro atoms. The van der Waals surface area contributed by atoms with Gasteiger partial charge >= 0.3 is 0 Å². The van der Waals surface area contributed by atoms with E-state index in [1.54, 1.807) is 12.1 Å². The summed E-state index contributed by atoms with van der Waals surface area (Å²) >= 11 is 14.6. The quantitative estimate of drug-likeness (QED) is 0.516. The number of rotatable bonds is 4. The fourth-order valence-electron chi connectivity index (χ4n) is 2.65. The number of nitrogens with one attached hydrogen (secondary N) is 1. The molecule has 3 aromatic rings. The van der Waals surface area contributed by atoms with E-state index in [0.717, 1.165) is 16.7 Å². The summed E-state index contributed by atoms with van der Waals surface area (Å²) in [6.07, 6.45) is 4.40. The average Bonchev–Trinajstić information content (AvgIpc) is 3.25. The lowest BCUT2D eigenvalue weighted by atomic mass is 10.2. The molecule has 150 valence electrons. The second-order valence-corrected chi connectivity index (χ2v) is 11.0. The van der Waals surface area contributed by atoms with Crippen molar-refractivity contribution in [2.45, 2.75) is 14.0 Å². The molecule has 30 heavy (non-hydrogen) atoms. The molecule has 6 nitrogen and oxygen atoms in total. The first kappa shape index (κ1) is 20.9. The zero-order valence-corrected chi connectivity index (χ0v) is 18.7. The molecule has 0 aliphatic carbocycles. The Balaban J connectivity index is 1.60. The molecule has 1 N–H and O–H groups in total. The molecule has 1 aliphatic rings. The number of thiophene rings is 1. The minimum atomic E-state index is -3.48. The van der Waals surface area contributed by atoms with Crippen LogP contribution in [0.15, 0.2) is 56.1 Å². The summed E-state index contributed by atoms with van der Waals surface area (Å²) in [5.41, 5.74) is 1.22. The van der Waals surface area contributed by atoms with Crippen molar-refractivity contribution in [3.8, 4) is 6.07 Å². The fraction of sp³-hybridized carbons (Fsp3) is 0. The van der Waals surface area contributed by atoms with Crippen molar-refractivity contribution >= 4 is 73.8 Å². The van der Waals surface area contributed by atoms with Crippen LogP contribution in [0, 0.1) is 11.3 Å². The number of benzene rings is 1. The molecule has 11 heteroatoms. The maximum Gasteiger partial charge on any atom is 0.265 e. The number of hydrogen-bond acceptors (Lipinski definition) is 7. The van der Waals surface area contributed by atoms with Gasteiger partial charge in [0.05, 0.1) is 34.5 Å². The average molecular weight is 494 g/mol. The van der Waals surface area contributed by atoms with Crippen molar-refractivity contribution in [2.24, 2.45) is 0 Å². The highest BCUT2D eigenvalue weighted by molar-refractivity contribution is 8.01. The van der Waals surface area contributed by atoms with E-state index in [1.807, 2.05) is 0 Å². The van der Waals surface area contributed by atoms with E-state index in [1.165, 1.54) is 42.4 Å². The van der Waals surface area contributed by atoms with Gasteiger partial charge < -0.3 is 5.32 Å². The van der Waals surface area contributed by atoms with Crippen LogP contribution in [0.2, 0.25) is 10.0 Å². The van der Waals surface area contributed by atoms with Crippen molar-refractivity contribution in [3.05, 3.63) is 68.1 Å². The van der Waals surface area contributed by atoms with E-state index in [-0.39, 0.29) is 9.77 Å². The highest BCUT2D eigenvalue weighted by Crippen LogP contribution is 2.42. The lowest BCUT2D eigenvalue weighted by Gasteiger charge is -2.06. The van der Waals surface area contributed by atoms with Gasteiger partial charge in [-0.1, -0.05) is 41.0 Å². The largest absolute Gasteiger partial charge is 0.321 e. The number of nitriles is 1. The summed E-state index contributed by atoms with van der Waals surface area (Å²) in [4.78, 5) is 17.6. The number of pyridine rings is 1. The van der Waals surface area contributed by atoms with Crippen molar-refractivity contribution in [2.75, 3.05) is 5.32 Å². The first-order chi connectivity index (χ1) is 14.3. The minimum Gasteiger partial charge on any atom is -0.321 e. The zero-order chi connectivity index (χ0) is 21.5. The second-order valence-electron chi connectivity index (χ2n) is 6.01. The van der Waals surface area contributed by atoms with Gasteiger partial charge in [0.15, 0.2) is 0 Å². The van der Waals surface area contributed by atoms with E-state index in [9.17, 15) is 18.5 Å². The van der Waals surface area contributed by atoms with Crippen molar-refractivity contribution < 1.29 is 13.2 Å². The highest BCUT2D eigenvalue weighted by atomic mass is 35.5. The molecule has 0 bridgehead atoms. The van der Waals surface area contributed by atoms with Gasteiger partial charge in [-0.25, -0.2) is 8.42 Å². The molecule has 4 rings (SSSR count). The maximum absolute atomic E-state index is 12.7. The number of halogens is 2. The Labute approximate surface area is 190 Å². The Morgan fingerprint density at radius 3 is 2.63 bits per heavy atom. The Hall–Kier alpha value is -2.35. The number of carbonyl (C=O) groups is 1. The van der Waals surface area contributed by atoms with Gasteiger partial charge in [-0.3, -0.25) is 9.78 Å². The number of sulfone groups is 1. The van der Waals surface area contributed by atoms with E-state index in [0.29, 0.717) is 36.0 Å². The number of hydrogen-bond donors (Lipinski definition) is 1. The van der Waals surface area contributed by atoms with Gasteiger partial charge in [0, 0.05) is 23.5 Å². The number of aromatic nitrogens is 1. The summed E-state index contributed by atoms with van der Waals surface area (Å²) in [5, 5.41) is 13.9. The molecule has 1 aromatic carbocycles. The third-order valence-electron chi connectivity index (χ3n) is 4.05. The van der Waals surface area contributed by atoms with Crippen molar-refractivity contribution in [3.63, 3.8) is 0 Å². The van der Waals surface area contributed by atoms with Crippen molar-refractivity contribution in [1.29, 1.82) is 5.26 Å². The normalized spacial score (nSPS) is 13.6. The lowest BCUT2D eigenvalue weighted by molar-refractivity contribution is 0.103. The standard InChI is InChI=1S/C19H9Cl2N3O3S3/c20-13-8-23-9-14(21)17(13)29-19-11(7-22)5-15(28-19)18(25)24-12-2-1-10-3-4-30(26,27)16(10)6-12/h1-6,8-9H,(H,24,25). The maximum atomic E-state index is 12.7. The van der Waals surface area contributed by atoms with Gasteiger partial charge in [-0.05, 0) is 29.8 Å².